The summed E-state index contributed by atoms with van der Waals surface area (Å²) in [6.07, 6.45) is 7.34. The molecule has 0 fully saturated rings. The molecule has 0 aliphatic heterocycles. The number of aromatic nitrogens is 5. The monoisotopic (exact) mass is 1030 g/mol. The van der Waals surface area contributed by atoms with Crippen molar-refractivity contribution in [2.24, 2.45) is 0 Å². The molecule has 0 unspecified atom stereocenters. The van der Waals surface area contributed by atoms with Crippen molar-refractivity contribution in [1.29, 1.82) is 0 Å². The van der Waals surface area contributed by atoms with Gasteiger partial charge in [-0.3, -0.25) is 0 Å². The number of fused-ring (bicyclic) bond motifs is 3. The smallest absolute Gasteiger partial charge is 0.503 e. The molecular weight excluding hydrogens is 992 g/mol. The van der Waals surface area contributed by atoms with E-state index in [0.29, 0.717) is 28.9 Å². The number of hydrogen-bond donors (Lipinski definition) is 0. The van der Waals surface area contributed by atoms with Gasteiger partial charge in [0.05, 0.1) is 0 Å². The third-order valence-electron chi connectivity index (χ3n) is 10.5. The molecule has 7 nitrogen and oxygen atoms in total. The van der Waals surface area contributed by atoms with Crippen LogP contribution in [-0.2, 0) is 41.5 Å². The molecule has 0 amide bonds. The van der Waals surface area contributed by atoms with E-state index in [9.17, 15) is 0 Å². The number of benzene rings is 5. The summed E-state index contributed by atoms with van der Waals surface area (Å²) in [5.41, 5.74) is 13.2. The average Bonchev–Trinajstić information content (AvgIpc) is 3.56. The van der Waals surface area contributed by atoms with E-state index < -0.39 is 0 Å². The van der Waals surface area contributed by atoms with Crippen LogP contribution >= 0.6 is 0 Å². The van der Waals surface area contributed by atoms with Crippen molar-refractivity contribution in [3.05, 3.63) is 174 Å². The van der Waals surface area contributed by atoms with Crippen molar-refractivity contribution in [2.45, 2.75) is 34.6 Å². The molecule has 0 bridgehead atoms. The van der Waals surface area contributed by atoms with Crippen molar-refractivity contribution in [1.82, 2.24) is 24.5 Å². The molecule has 0 saturated carbocycles. The van der Waals surface area contributed by atoms with Gasteiger partial charge in [-0.1, -0.05) is 47.4 Å². The first kappa shape index (κ1) is 40.4. The van der Waals surface area contributed by atoms with Crippen LogP contribution in [0.5, 0.6) is 23.0 Å². The van der Waals surface area contributed by atoms with Crippen LogP contribution in [0.15, 0.2) is 122 Å². The Bertz CT molecular complexity index is 2750. The molecule has 5 aromatic carbocycles. The zero-order valence-corrected chi connectivity index (χ0v) is 36.1. The van der Waals surface area contributed by atoms with Crippen LogP contribution in [0.25, 0.3) is 61.4 Å². The number of pyridine rings is 2. The normalized spacial score (nSPS) is 10.9. The minimum atomic E-state index is 0. The molecule has 0 spiro atoms. The van der Waals surface area contributed by atoms with E-state index in [-0.39, 0.29) is 41.5 Å². The summed E-state index contributed by atoms with van der Waals surface area (Å²) in [6, 6.07) is 44.7. The van der Waals surface area contributed by atoms with Gasteiger partial charge in [0, 0.05) is 53.3 Å². The third kappa shape index (κ3) is 7.64. The summed E-state index contributed by atoms with van der Waals surface area (Å²) in [6.45, 7) is 10.9. The van der Waals surface area contributed by atoms with E-state index in [4.69, 9.17) is 19.4 Å². The fourth-order valence-corrected chi connectivity index (χ4v) is 7.24. The Hall–Kier alpha value is -5.77. The van der Waals surface area contributed by atoms with Crippen molar-refractivity contribution < 1.29 is 51.0 Å². The molecule has 0 atom stereocenters. The van der Waals surface area contributed by atoms with Gasteiger partial charge in [0.2, 0.25) is 5.95 Å². The molecule has 9 heteroatoms. The molecule has 0 radical (unpaired) electrons. The molecule has 4 aromatic heterocycles. The third-order valence-corrected chi connectivity index (χ3v) is 10.5. The van der Waals surface area contributed by atoms with E-state index in [1.54, 1.807) is 12.4 Å². The summed E-state index contributed by atoms with van der Waals surface area (Å²) >= 11 is 0. The summed E-state index contributed by atoms with van der Waals surface area (Å²) in [5, 5.41) is 1.88. The zero-order chi connectivity index (χ0) is 38.3. The van der Waals surface area contributed by atoms with Crippen molar-refractivity contribution in [3.8, 4) is 62.6 Å². The van der Waals surface area contributed by atoms with Crippen molar-refractivity contribution in [2.75, 3.05) is 0 Å². The number of ether oxygens (including phenoxy) is 2. The summed E-state index contributed by atoms with van der Waals surface area (Å²) in [5.74, 6) is 2.60. The van der Waals surface area contributed by atoms with E-state index >= 15 is 0 Å². The Morgan fingerprint density at radius 1 is 0.466 bits per heavy atom. The minimum absolute atomic E-state index is 0. The SMILES string of the molecule is Cc1c(C)c(C)c(-c2cnc(-n3c4[c-]c(Oc5[c-]c(-c6ccccn6)ccc5)ccc4c4ccc(Oc5[c-]c(-c6ccccn6)ccc5)[c-]c43)nc2)c(C)c1C.[Pd+2].[Pt+2]. The van der Waals surface area contributed by atoms with Crippen LogP contribution in [0, 0.1) is 58.9 Å². The Morgan fingerprint density at radius 3 is 1.36 bits per heavy atom. The topological polar surface area (TPSA) is 75.0 Å². The van der Waals surface area contributed by atoms with Crippen molar-refractivity contribution >= 4 is 21.8 Å². The van der Waals surface area contributed by atoms with Crippen LogP contribution in [-0.4, -0.2) is 24.5 Å². The maximum atomic E-state index is 6.38. The second-order valence-electron chi connectivity index (χ2n) is 13.8. The molecule has 0 aliphatic rings. The van der Waals surface area contributed by atoms with Gasteiger partial charge in [0.1, 0.15) is 0 Å². The van der Waals surface area contributed by atoms with Crippen molar-refractivity contribution in [3.63, 3.8) is 0 Å². The van der Waals surface area contributed by atoms with Crippen LogP contribution in [0.4, 0.5) is 0 Å². The Kier molecular flexibility index (Phi) is 11.8. The quantitative estimate of drug-likeness (QED) is 0.112. The number of hydrogen-bond acceptors (Lipinski definition) is 6. The standard InChI is InChI=1S/C49H35N5O2.Pd.Pt/c1-30-31(2)33(4)48(34(5)32(30)3)37-28-52-49(53-29-37)54-46-26-40(55-38-14-10-12-35(24-38)44-16-6-8-22-50-44)18-20-42(46)43-21-19-41(27-47(43)54)56-39-15-11-13-36(25-39)45-17-7-9-23-51-45;;/h6-23,28-29H,1-5H3;;/q-4;2*+2. The van der Waals surface area contributed by atoms with Crippen LogP contribution in [0.3, 0.4) is 0 Å². The maximum absolute atomic E-state index is 6.38. The van der Waals surface area contributed by atoms with Crippen LogP contribution in [0.2, 0.25) is 0 Å². The Labute approximate surface area is 366 Å². The summed E-state index contributed by atoms with van der Waals surface area (Å²) < 4.78 is 14.7. The van der Waals surface area contributed by atoms with Gasteiger partial charge < -0.3 is 24.0 Å². The Balaban J connectivity index is 0.00000256. The van der Waals surface area contributed by atoms with Gasteiger partial charge in [-0.2, -0.15) is 22.9 Å². The largest absolute Gasteiger partial charge is 2.00 e. The minimum Gasteiger partial charge on any atom is -0.503 e. The number of nitrogens with zero attached hydrogens (tertiary/aromatic N) is 5. The first-order chi connectivity index (χ1) is 27.3. The molecule has 4 heterocycles. The molecule has 0 N–H and O–H groups in total. The Morgan fingerprint density at radius 2 is 0.914 bits per heavy atom. The van der Waals surface area contributed by atoms with Gasteiger partial charge in [-0.25, -0.2) is 9.97 Å². The molecule has 58 heavy (non-hydrogen) atoms. The van der Waals surface area contributed by atoms with Gasteiger partial charge in [0.15, 0.2) is 0 Å². The summed E-state index contributed by atoms with van der Waals surface area (Å²) in [4.78, 5) is 18.9. The van der Waals surface area contributed by atoms with E-state index in [0.717, 1.165) is 55.4 Å². The summed E-state index contributed by atoms with van der Waals surface area (Å²) in [7, 11) is 0. The maximum Gasteiger partial charge on any atom is 2.00 e. The molecule has 9 rings (SSSR count). The van der Waals surface area contributed by atoms with E-state index in [2.05, 4.69) is 68.9 Å². The molecular formula is C49H35N5O2PdPt. The first-order valence-corrected chi connectivity index (χ1v) is 18.4. The molecule has 288 valence electrons. The van der Waals surface area contributed by atoms with Gasteiger partial charge in [-0.15, -0.1) is 71.8 Å². The number of rotatable bonds is 8. The van der Waals surface area contributed by atoms with Gasteiger partial charge in [0.25, 0.3) is 0 Å². The van der Waals surface area contributed by atoms with E-state index in [1.807, 2.05) is 114 Å². The molecule has 0 aliphatic carbocycles. The predicted octanol–water partition coefficient (Wildman–Crippen LogP) is 11.7. The molecule has 0 saturated heterocycles. The fourth-order valence-electron chi connectivity index (χ4n) is 7.24. The fraction of sp³-hybridized carbons (Fsp3) is 0.102. The second kappa shape index (κ2) is 17.0. The van der Waals surface area contributed by atoms with Crippen LogP contribution in [0.1, 0.15) is 27.8 Å². The second-order valence-corrected chi connectivity index (χ2v) is 13.8. The van der Waals surface area contributed by atoms with Gasteiger partial charge >= 0.3 is 41.5 Å². The van der Waals surface area contributed by atoms with Gasteiger partial charge in [-0.05, 0) is 91.5 Å². The van der Waals surface area contributed by atoms with E-state index in [1.165, 1.54) is 27.8 Å². The zero-order valence-electron chi connectivity index (χ0n) is 32.2. The first-order valence-electron chi connectivity index (χ1n) is 18.4. The molecule has 9 aromatic rings. The van der Waals surface area contributed by atoms with Crippen LogP contribution < -0.4 is 9.47 Å². The average molecular weight is 1030 g/mol. The predicted molar refractivity (Wildman–Crippen MR) is 220 cm³/mol.